The van der Waals surface area contributed by atoms with Gasteiger partial charge in [0.1, 0.15) is 11.6 Å². The number of aromatic nitrogens is 4. The Bertz CT molecular complexity index is 1220. The van der Waals surface area contributed by atoms with E-state index in [9.17, 15) is 8.78 Å². The predicted octanol–water partition coefficient (Wildman–Crippen LogP) is 3.82. The Balaban J connectivity index is 1.48. The van der Waals surface area contributed by atoms with Gasteiger partial charge in [-0.2, -0.15) is 5.10 Å². The van der Waals surface area contributed by atoms with Gasteiger partial charge in [0.05, 0.1) is 28.1 Å². The third-order valence-electron chi connectivity index (χ3n) is 8.08. The molecule has 2 bridgehead atoms. The van der Waals surface area contributed by atoms with Crippen LogP contribution in [0.2, 0.25) is 0 Å². The SMILES string of the molecule is CC1(C)[C@H]2CC[C@]1(c1ccnc(N3CCNCC3)n1)c1nnc(-c3c(F)cccc3F)cc12. The van der Waals surface area contributed by atoms with Crippen LogP contribution in [0.15, 0.2) is 36.5 Å². The highest BCUT2D eigenvalue weighted by atomic mass is 19.1. The van der Waals surface area contributed by atoms with Crippen molar-refractivity contribution in [3.63, 3.8) is 0 Å². The van der Waals surface area contributed by atoms with Crippen LogP contribution in [0, 0.1) is 17.0 Å². The van der Waals surface area contributed by atoms with Gasteiger partial charge in [0.15, 0.2) is 0 Å². The summed E-state index contributed by atoms with van der Waals surface area (Å²) >= 11 is 0. The van der Waals surface area contributed by atoms with Crippen LogP contribution in [0.4, 0.5) is 14.7 Å². The number of rotatable bonds is 3. The van der Waals surface area contributed by atoms with Gasteiger partial charge in [0.25, 0.3) is 0 Å². The minimum Gasteiger partial charge on any atom is -0.338 e. The maximum Gasteiger partial charge on any atom is 0.225 e. The van der Waals surface area contributed by atoms with Crippen LogP contribution in [0.5, 0.6) is 0 Å². The van der Waals surface area contributed by atoms with Crippen molar-refractivity contribution in [2.24, 2.45) is 5.41 Å². The highest BCUT2D eigenvalue weighted by Crippen LogP contribution is 2.69. The van der Waals surface area contributed by atoms with Gasteiger partial charge in [-0.1, -0.05) is 19.9 Å². The summed E-state index contributed by atoms with van der Waals surface area (Å²) in [6, 6.07) is 7.71. The quantitative estimate of drug-likeness (QED) is 0.657. The number of nitrogens with zero attached hydrogens (tertiary/aromatic N) is 5. The van der Waals surface area contributed by atoms with E-state index in [1.165, 1.54) is 18.2 Å². The Morgan fingerprint density at radius 2 is 1.82 bits per heavy atom. The number of fused-ring (bicyclic) bond motifs is 5. The summed E-state index contributed by atoms with van der Waals surface area (Å²) in [6.07, 6.45) is 3.72. The maximum atomic E-state index is 14.5. The molecule has 2 fully saturated rings. The second-order valence-corrected chi connectivity index (χ2v) is 9.83. The number of hydrogen-bond donors (Lipinski definition) is 1. The zero-order valence-electron chi connectivity index (χ0n) is 18.8. The Hall–Kier alpha value is -3.00. The molecule has 0 spiro atoms. The predicted molar refractivity (Wildman–Crippen MR) is 121 cm³/mol. The average Bonchev–Trinajstić information content (AvgIpc) is 3.21. The lowest BCUT2D eigenvalue weighted by molar-refractivity contribution is 0.242. The standard InChI is InChI=1S/C25H26F2N6/c1-24(2)16-6-8-25(24,20-7-9-29-23(30-20)33-12-10-28-11-13-33)22-15(16)14-19(31-32-22)21-17(26)4-3-5-18(21)27/h3-5,7,9,14,16,28H,6,8,10-13H2,1-2H3/t16-,25-/m0/s1. The Morgan fingerprint density at radius 1 is 1.06 bits per heavy atom. The van der Waals surface area contributed by atoms with Crippen LogP contribution in [-0.4, -0.2) is 46.3 Å². The van der Waals surface area contributed by atoms with Crippen molar-refractivity contribution in [1.82, 2.24) is 25.5 Å². The van der Waals surface area contributed by atoms with Crippen LogP contribution in [0.25, 0.3) is 11.3 Å². The zero-order valence-corrected chi connectivity index (χ0v) is 18.8. The summed E-state index contributed by atoms with van der Waals surface area (Å²) in [5.41, 5.74) is 2.42. The van der Waals surface area contributed by atoms with Gasteiger partial charge in [-0.3, -0.25) is 0 Å². The number of nitrogens with one attached hydrogen (secondary N) is 1. The molecule has 2 aromatic heterocycles. The van der Waals surface area contributed by atoms with E-state index in [0.717, 1.165) is 61.9 Å². The van der Waals surface area contributed by atoms with Crippen molar-refractivity contribution in [2.45, 2.75) is 38.0 Å². The van der Waals surface area contributed by atoms with Gasteiger partial charge >= 0.3 is 0 Å². The summed E-state index contributed by atoms with van der Waals surface area (Å²) in [6.45, 7) is 8.07. The Labute approximate surface area is 191 Å². The van der Waals surface area contributed by atoms with Gasteiger partial charge in [-0.25, -0.2) is 18.7 Å². The summed E-state index contributed by atoms with van der Waals surface area (Å²) in [5, 5.41) is 12.3. The van der Waals surface area contributed by atoms with E-state index < -0.39 is 17.0 Å². The fourth-order valence-corrected chi connectivity index (χ4v) is 6.36. The molecular weight excluding hydrogens is 422 g/mol. The topological polar surface area (TPSA) is 66.8 Å². The van der Waals surface area contributed by atoms with Crippen molar-refractivity contribution >= 4 is 5.95 Å². The van der Waals surface area contributed by atoms with Crippen LogP contribution in [0.3, 0.4) is 0 Å². The van der Waals surface area contributed by atoms with E-state index >= 15 is 0 Å². The number of benzene rings is 1. The van der Waals surface area contributed by atoms with Gasteiger partial charge in [0, 0.05) is 32.4 Å². The summed E-state index contributed by atoms with van der Waals surface area (Å²) < 4.78 is 28.9. The number of halogens is 2. The van der Waals surface area contributed by atoms with Gasteiger partial charge in [-0.15, -0.1) is 5.10 Å². The van der Waals surface area contributed by atoms with Gasteiger partial charge in [0.2, 0.25) is 5.95 Å². The lowest BCUT2D eigenvalue weighted by Gasteiger charge is -2.38. The molecule has 1 saturated heterocycles. The molecule has 6 rings (SSSR count). The minimum atomic E-state index is -0.627. The first-order chi connectivity index (χ1) is 15.9. The van der Waals surface area contributed by atoms with Crippen LogP contribution < -0.4 is 10.2 Å². The number of hydrogen-bond acceptors (Lipinski definition) is 6. The van der Waals surface area contributed by atoms with E-state index in [2.05, 4.69) is 39.2 Å². The molecule has 1 saturated carbocycles. The summed E-state index contributed by atoms with van der Waals surface area (Å²) in [4.78, 5) is 11.8. The molecule has 6 nitrogen and oxygen atoms in total. The third kappa shape index (κ3) is 2.79. The molecule has 3 aromatic rings. The van der Waals surface area contributed by atoms with E-state index in [-0.39, 0.29) is 22.6 Å². The van der Waals surface area contributed by atoms with Gasteiger partial charge in [-0.05, 0) is 54.0 Å². The van der Waals surface area contributed by atoms with Crippen molar-refractivity contribution in [3.8, 4) is 11.3 Å². The monoisotopic (exact) mass is 448 g/mol. The zero-order chi connectivity index (χ0) is 22.8. The second kappa shape index (κ2) is 7.25. The summed E-state index contributed by atoms with van der Waals surface area (Å²) in [5.74, 6) is -0.293. The molecule has 1 N–H and O–H groups in total. The first-order valence-corrected chi connectivity index (χ1v) is 11.5. The Morgan fingerprint density at radius 3 is 2.58 bits per heavy atom. The van der Waals surface area contributed by atoms with Crippen LogP contribution in [0.1, 0.15) is 49.6 Å². The highest BCUT2D eigenvalue weighted by Gasteiger charge is 2.65. The molecular formula is C25H26F2N6. The fraction of sp³-hybridized carbons (Fsp3) is 0.440. The van der Waals surface area contributed by atoms with E-state index in [1.54, 1.807) is 0 Å². The smallest absolute Gasteiger partial charge is 0.225 e. The number of piperazine rings is 1. The van der Waals surface area contributed by atoms with Crippen molar-refractivity contribution in [3.05, 3.63) is 65.1 Å². The molecule has 2 aliphatic carbocycles. The van der Waals surface area contributed by atoms with Crippen LogP contribution in [-0.2, 0) is 5.41 Å². The molecule has 170 valence electrons. The molecule has 1 aromatic carbocycles. The molecule has 1 aliphatic heterocycles. The Kier molecular flexibility index (Phi) is 4.52. The molecule has 8 heteroatoms. The van der Waals surface area contributed by atoms with E-state index in [4.69, 9.17) is 4.98 Å². The van der Waals surface area contributed by atoms with Gasteiger partial charge < -0.3 is 10.2 Å². The molecule has 2 atom stereocenters. The van der Waals surface area contributed by atoms with E-state index in [1.807, 2.05) is 18.3 Å². The molecule has 3 aliphatic rings. The fourth-order valence-electron chi connectivity index (χ4n) is 6.36. The lowest BCUT2D eigenvalue weighted by atomic mass is 9.66. The maximum absolute atomic E-state index is 14.5. The summed E-state index contributed by atoms with van der Waals surface area (Å²) in [7, 11) is 0. The van der Waals surface area contributed by atoms with Crippen molar-refractivity contribution < 1.29 is 8.78 Å². The molecule has 33 heavy (non-hydrogen) atoms. The second-order valence-electron chi connectivity index (χ2n) is 9.83. The largest absolute Gasteiger partial charge is 0.338 e. The first kappa shape index (κ1) is 20.6. The van der Waals surface area contributed by atoms with Crippen molar-refractivity contribution in [1.29, 1.82) is 0 Å². The van der Waals surface area contributed by atoms with Crippen molar-refractivity contribution in [2.75, 3.05) is 31.1 Å². The first-order valence-electron chi connectivity index (χ1n) is 11.5. The highest BCUT2D eigenvalue weighted by molar-refractivity contribution is 5.64. The molecule has 3 heterocycles. The molecule has 0 radical (unpaired) electrons. The molecule has 0 unspecified atom stereocenters. The normalized spacial score (nSPS) is 25.3. The lowest BCUT2D eigenvalue weighted by Crippen LogP contribution is -2.45. The minimum absolute atomic E-state index is 0.120. The third-order valence-corrected chi connectivity index (χ3v) is 8.08. The molecule has 0 amide bonds. The van der Waals surface area contributed by atoms with Crippen LogP contribution >= 0.6 is 0 Å². The number of anilines is 1. The average molecular weight is 449 g/mol. The van der Waals surface area contributed by atoms with E-state index in [0.29, 0.717) is 0 Å².